The molecule has 0 spiro atoms. The first-order valence-corrected chi connectivity index (χ1v) is 8.56. The van der Waals surface area contributed by atoms with Gasteiger partial charge in [-0.3, -0.25) is 4.99 Å². The van der Waals surface area contributed by atoms with Crippen LogP contribution in [0.5, 0.6) is 11.5 Å². The SMILES string of the molecule is CCNC(=NCCN(C)CC)NCCc1ccc(OC)c(OC)c1. The number of hydrogen-bond acceptors (Lipinski definition) is 4. The summed E-state index contributed by atoms with van der Waals surface area (Å²) in [7, 11) is 5.41. The first-order valence-electron chi connectivity index (χ1n) is 8.56. The third kappa shape index (κ3) is 7.08. The van der Waals surface area contributed by atoms with Crippen LogP contribution < -0.4 is 20.1 Å². The van der Waals surface area contributed by atoms with Crippen molar-refractivity contribution in [2.45, 2.75) is 20.3 Å². The molecule has 6 heteroatoms. The minimum Gasteiger partial charge on any atom is -0.493 e. The topological polar surface area (TPSA) is 58.1 Å². The number of methoxy groups -OCH3 is 2. The monoisotopic (exact) mass is 336 g/mol. The van der Waals surface area contributed by atoms with E-state index in [1.54, 1.807) is 14.2 Å². The smallest absolute Gasteiger partial charge is 0.191 e. The van der Waals surface area contributed by atoms with Crippen molar-refractivity contribution < 1.29 is 9.47 Å². The summed E-state index contributed by atoms with van der Waals surface area (Å²) in [4.78, 5) is 6.85. The maximum atomic E-state index is 5.34. The third-order valence-corrected chi connectivity index (χ3v) is 3.79. The number of guanidine groups is 1. The fraction of sp³-hybridized carbons (Fsp3) is 0.611. The van der Waals surface area contributed by atoms with Gasteiger partial charge in [0.05, 0.1) is 20.8 Å². The summed E-state index contributed by atoms with van der Waals surface area (Å²) in [5.74, 6) is 2.38. The van der Waals surface area contributed by atoms with Crippen LogP contribution in [-0.4, -0.2) is 64.9 Å². The lowest BCUT2D eigenvalue weighted by Crippen LogP contribution is -2.38. The normalized spacial score (nSPS) is 11.5. The molecule has 1 rings (SSSR count). The molecule has 0 unspecified atom stereocenters. The molecule has 0 bridgehead atoms. The molecule has 0 saturated heterocycles. The molecular formula is C18H32N4O2. The number of nitrogens with zero attached hydrogens (tertiary/aromatic N) is 2. The highest BCUT2D eigenvalue weighted by Gasteiger charge is 2.05. The van der Waals surface area contributed by atoms with E-state index in [0.717, 1.165) is 56.6 Å². The Labute approximate surface area is 146 Å². The van der Waals surface area contributed by atoms with Crippen LogP contribution in [0.4, 0.5) is 0 Å². The van der Waals surface area contributed by atoms with Gasteiger partial charge in [-0.15, -0.1) is 0 Å². The standard InChI is InChI=1S/C18H32N4O2/c1-6-19-18(21-12-13-22(3)7-2)20-11-10-15-8-9-16(23-4)17(14-15)24-5/h8-9,14H,6-7,10-13H2,1-5H3,(H2,19,20,21). The summed E-state index contributed by atoms with van der Waals surface area (Å²) >= 11 is 0. The van der Waals surface area contributed by atoms with Crippen molar-refractivity contribution in [2.24, 2.45) is 4.99 Å². The molecule has 24 heavy (non-hydrogen) atoms. The summed E-state index contributed by atoms with van der Waals surface area (Å²) in [6.07, 6.45) is 0.889. The summed E-state index contributed by atoms with van der Waals surface area (Å²) in [5, 5.41) is 6.65. The lowest BCUT2D eigenvalue weighted by molar-refractivity contribution is 0.354. The van der Waals surface area contributed by atoms with Crippen LogP contribution in [0.25, 0.3) is 0 Å². The molecule has 0 atom stereocenters. The highest BCUT2D eigenvalue weighted by atomic mass is 16.5. The number of rotatable bonds is 10. The van der Waals surface area contributed by atoms with Gasteiger partial charge in [-0.25, -0.2) is 0 Å². The van der Waals surface area contributed by atoms with Crippen LogP contribution in [0.2, 0.25) is 0 Å². The number of ether oxygens (including phenoxy) is 2. The Kier molecular flexibility index (Phi) is 9.68. The average molecular weight is 336 g/mol. The number of aliphatic imine (C=N–C) groups is 1. The van der Waals surface area contributed by atoms with Gasteiger partial charge in [0.1, 0.15) is 0 Å². The second kappa shape index (κ2) is 11.6. The van der Waals surface area contributed by atoms with E-state index in [4.69, 9.17) is 9.47 Å². The lowest BCUT2D eigenvalue weighted by Gasteiger charge is -2.14. The van der Waals surface area contributed by atoms with Crippen LogP contribution in [-0.2, 0) is 6.42 Å². The Morgan fingerprint density at radius 2 is 1.88 bits per heavy atom. The molecule has 1 aromatic rings. The molecule has 0 heterocycles. The van der Waals surface area contributed by atoms with E-state index >= 15 is 0 Å². The number of benzene rings is 1. The first kappa shape index (κ1) is 20.1. The van der Waals surface area contributed by atoms with Crippen molar-refractivity contribution in [1.29, 1.82) is 0 Å². The van der Waals surface area contributed by atoms with Crippen LogP contribution in [0.3, 0.4) is 0 Å². The van der Waals surface area contributed by atoms with E-state index in [1.807, 2.05) is 12.1 Å². The number of hydrogen-bond donors (Lipinski definition) is 2. The van der Waals surface area contributed by atoms with E-state index in [2.05, 4.69) is 47.5 Å². The maximum absolute atomic E-state index is 5.34. The van der Waals surface area contributed by atoms with E-state index in [1.165, 1.54) is 5.56 Å². The van der Waals surface area contributed by atoms with Gasteiger partial charge in [-0.2, -0.15) is 0 Å². The molecule has 2 N–H and O–H groups in total. The molecule has 6 nitrogen and oxygen atoms in total. The van der Waals surface area contributed by atoms with Crippen molar-refractivity contribution in [3.63, 3.8) is 0 Å². The zero-order valence-electron chi connectivity index (χ0n) is 15.7. The van der Waals surface area contributed by atoms with Crippen molar-refractivity contribution >= 4 is 5.96 Å². The third-order valence-electron chi connectivity index (χ3n) is 3.79. The highest BCUT2D eigenvalue weighted by Crippen LogP contribution is 2.27. The molecule has 0 aliphatic heterocycles. The van der Waals surface area contributed by atoms with Crippen molar-refractivity contribution in [3.8, 4) is 11.5 Å². The van der Waals surface area contributed by atoms with Crippen molar-refractivity contribution in [2.75, 3.05) is 54.0 Å². The Bertz CT molecular complexity index is 506. The minimum absolute atomic E-state index is 0.754. The first-order chi connectivity index (χ1) is 11.6. The predicted molar refractivity (Wildman–Crippen MR) is 100 cm³/mol. The molecule has 0 fully saturated rings. The van der Waals surface area contributed by atoms with Gasteiger partial charge in [-0.1, -0.05) is 13.0 Å². The number of likely N-dealkylation sites (N-methyl/N-ethyl adjacent to an activating group) is 1. The number of nitrogens with one attached hydrogen (secondary N) is 2. The van der Waals surface area contributed by atoms with E-state index in [-0.39, 0.29) is 0 Å². The van der Waals surface area contributed by atoms with E-state index in [0.29, 0.717) is 0 Å². The van der Waals surface area contributed by atoms with Gasteiger partial charge in [0.25, 0.3) is 0 Å². The Balaban J connectivity index is 2.51. The predicted octanol–water partition coefficient (Wildman–Crippen LogP) is 1.75. The van der Waals surface area contributed by atoms with E-state index < -0.39 is 0 Å². The molecule has 0 aliphatic rings. The van der Waals surface area contributed by atoms with Gasteiger partial charge >= 0.3 is 0 Å². The highest BCUT2D eigenvalue weighted by molar-refractivity contribution is 5.79. The minimum atomic E-state index is 0.754. The molecule has 1 aromatic carbocycles. The van der Waals surface area contributed by atoms with Crippen LogP contribution in [0.15, 0.2) is 23.2 Å². The molecular weight excluding hydrogens is 304 g/mol. The van der Waals surface area contributed by atoms with Crippen molar-refractivity contribution in [1.82, 2.24) is 15.5 Å². The summed E-state index contributed by atoms with van der Waals surface area (Å²) in [6.45, 7) is 8.67. The lowest BCUT2D eigenvalue weighted by atomic mass is 10.1. The quantitative estimate of drug-likeness (QED) is 0.504. The Morgan fingerprint density at radius 3 is 2.50 bits per heavy atom. The second-order valence-corrected chi connectivity index (χ2v) is 5.52. The van der Waals surface area contributed by atoms with Crippen LogP contribution in [0.1, 0.15) is 19.4 Å². The molecule has 0 amide bonds. The summed E-state index contributed by atoms with van der Waals surface area (Å²) in [6, 6.07) is 6.01. The second-order valence-electron chi connectivity index (χ2n) is 5.52. The van der Waals surface area contributed by atoms with Gasteiger partial charge in [-0.05, 0) is 44.6 Å². The largest absolute Gasteiger partial charge is 0.493 e. The zero-order chi connectivity index (χ0) is 17.8. The molecule has 0 aliphatic carbocycles. The fourth-order valence-electron chi connectivity index (χ4n) is 2.19. The van der Waals surface area contributed by atoms with Gasteiger partial charge in [0.2, 0.25) is 0 Å². The van der Waals surface area contributed by atoms with E-state index in [9.17, 15) is 0 Å². The molecule has 0 saturated carbocycles. The Hall–Kier alpha value is -1.95. The van der Waals surface area contributed by atoms with Gasteiger partial charge in [0, 0.05) is 19.6 Å². The fourth-order valence-corrected chi connectivity index (χ4v) is 2.19. The van der Waals surface area contributed by atoms with Gasteiger partial charge in [0.15, 0.2) is 17.5 Å². The summed E-state index contributed by atoms with van der Waals surface area (Å²) in [5.41, 5.74) is 1.20. The summed E-state index contributed by atoms with van der Waals surface area (Å²) < 4.78 is 10.6. The zero-order valence-corrected chi connectivity index (χ0v) is 15.7. The maximum Gasteiger partial charge on any atom is 0.191 e. The molecule has 0 aromatic heterocycles. The van der Waals surface area contributed by atoms with Gasteiger partial charge < -0.3 is 25.0 Å². The van der Waals surface area contributed by atoms with Crippen molar-refractivity contribution in [3.05, 3.63) is 23.8 Å². The molecule has 0 radical (unpaired) electrons. The van der Waals surface area contributed by atoms with Crippen LogP contribution in [0, 0.1) is 0 Å². The Morgan fingerprint density at radius 1 is 1.12 bits per heavy atom. The average Bonchev–Trinajstić information content (AvgIpc) is 2.61. The molecule has 136 valence electrons. The van der Waals surface area contributed by atoms with Crippen LogP contribution >= 0.6 is 0 Å².